The highest BCUT2D eigenvalue weighted by Crippen LogP contribution is 2.63. The van der Waals surface area contributed by atoms with Crippen LogP contribution < -0.4 is 9.47 Å². The number of rotatable bonds is 9. The fourth-order valence-electron chi connectivity index (χ4n) is 8.92. The molecule has 0 saturated heterocycles. The predicted molar refractivity (Wildman–Crippen MR) is 175 cm³/mol. The molecule has 4 aromatic rings. The van der Waals surface area contributed by atoms with Gasteiger partial charge in [0.2, 0.25) is 0 Å². The maximum Gasteiger partial charge on any atom is 0.344 e. The Bertz CT molecular complexity index is 1590. The average Bonchev–Trinajstić information content (AvgIpc) is 3.39. The van der Waals surface area contributed by atoms with Gasteiger partial charge in [-0.05, 0) is 132 Å². The number of fused-ring (bicyclic) bond motifs is 3. The molecular formula is C39H40O4S. The van der Waals surface area contributed by atoms with Gasteiger partial charge in [-0.15, -0.1) is 0 Å². The number of hydrogen-bond acceptors (Lipinski definition) is 4. The Morgan fingerprint density at radius 2 is 1.25 bits per heavy atom. The molecule has 0 spiro atoms. The van der Waals surface area contributed by atoms with Gasteiger partial charge in [0.1, 0.15) is 23.7 Å². The lowest BCUT2D eigenvalue weighted by Crippen LogP contribution is -2.59. The molecule has 0 radical (unpaired) electrons. The Labute approximate surface area is 263 Å². The molecule has 1 heterocycles. The van der Waals surface area contributed by atoms with Crippen LogP contribution in [0.3, 0.4) is 0 Å². The van der Waals surface area contributed by atoms with Gasteiger partial charge in [0.15, 0.2) is 6.61 Å². The second-order valence-electron chi connectivity index (χ2n) is 13.2. The number of thiol groups is 1. The zero-order valence-electron chi connectivity index (χ0n) is 25.3. The monoisotopic (exact) mass is 604 g/mol. The van der Waals surface area contributed by atoms with Gasteiger partial charge < -0.3 is 14.2 Å². The normalized spacial score (nSPS) is 26.6. The first-order chi connectivity index (χ1) is 21.6. The molecule has 4 saturated carbocycles. The van der Waals surface area contributed by atoms with Crippen molar-refractivity contribution in [3.8, 4) is 22.6 Å². The first-order valence-corrected chi connectivity index (χ1v) is 17.6. The molecule has 4 nitrogen and oxygen atoms in total. The molecule has 44 heavy (non-hydrogen) atoms. The number of esters is 1. The second-order valence-corrected chi connectivity index (χ2v) is 15.3. The van der Waals surface area contributed by atoms with Crippen molar-refractivity contribution in [2.24, 2.45) is 23.7 Å². The van der Waals surface area contributed by atoms with Crippen LogP contribution in [0.5, 0.6) is 11.5 Å². The predicted octanol–water partition coefficient (Wildman–Crippen LogP) is 9.25. The number of carbonyl (C=O) groups is 1. The molecule has 4 aliphatic carbocycles. The van der Waals surface area contributed by atoms with E-state index in [4.69, 9.17) is 14.2 Å². The fourth-order valence-corrected chi connectivity index (χ4v) is 11.5. The van der Waals surface area contributed by atoms with Crippen LogP contribution >= 0.6 is 10.9 Å². The average molecular weight is 605 g/mol. The summed E-state index contributed by atoms with van der Waals surface area (Å²) in [6, 6.07) is 33.9. The summed E-state index contributed by atoms with van der Waals surface area (Å²) < 4.78 is 18.3. The van der Waals surface area contributed by atoms with Crippen molar-refractivity contribution in [3.63, 3.8) is 0 Å². The zero-order chi connectivity index (χ0) is 29.7. The fraction of sp³-hybridized carbons (Fsp3) is 0.359. The largest absolute Gasteiger partial charge is 0.489 e. The molecule has 0 N–H and O–H groups in total. The first-order valence-electron chi connectivity index (χ1n) is 16.2. The van der Waals surface area contributed by atoms with E-state index in [-0.39, 0.29) is 18.2 Å². The van der Waals surface area contributed by atoms with Gasteiger partial charge in [0.05, 0.1) is 0 Å². The number of hydrogen-bond donors (Lipinski definition) is 1. The Morgan fingerprint density at radius 1 is 0.705 bits per heavy atom. The zero-order valence-corrected chi connectivity index (χ0v) is 26.2. The van der Waals surface area contributed by atoms with E-state index in [0.717, 1.165) is 29.6 Å². The third-order valence-corrected chi connectivity index (χ3v) is 13.3. The molecule has 0 unspecified atom stereocenters. The van der Waals surface area contributed by atoms with E-state index in [0.29, 0.717) is 24.2 Å². The number of carbonyl (C=O) groups excluding carboxylic acids is 1. The van der Waals surface area contributed by atoms with Gasteiger partial charge in [-0.3, -0.25) is 0 Å². The molecular weight excluding hydrogens is 564 g/mol. The molecule has 5 aliphatic rings. The maximum absolute atomic E-state index is 13.0. The standard InChI is InChI=1S/C39H40O4S/c1-2-39(29-20-27-19-28(22-29)23-30(39)21-27)43-38(40)25-42-31-13-11-26(12-14-31)24-41-32-15-17-33(18-16-32)44-36-9-5-3-7-34(36)35-8-4-6-10-37(35)44/h3-18,27-30,44H,2,19-25H2,1H3. The number of benzene rings is 4. The molecule has 4 bridgehead atoms. The Balaban J connectivity index is 0.858. The Morgan fingerprint density at radius 3 is 1.84 bits per heavy atom. The third-order valence-electron chi connectivity index (χ3n) is 10.7. The lowest BCUT2D eigenvalue weighted by molar-refractivity contribution is -0.212. The van der Waals surface area contributed by atoms with E-state index >= 15 is 0 Å². The van der Waals surface area contributed by atoms with Gasteiger partial charge in [0.25, 0.3) is 0 Å². The van der Waals surface area contributed by atoms with E-state index in [1.165, 1.54) is 57.9 Å². The Kier molecular flexibility index (Phi) is 7.17. The highest BCUT2D eigenvalue weighted by Gasteiger charge is 2.58. The van der Waals surface area contributed by atoms with E-state index in [1.807, 2.05) is 24.3 Å². The third kappa shape index (κ3) is 4.90. The van der Waals surface area contributed by atoms with Crippen LogP contribution in [-0.4, -0.2) is 18.2 Å². The molecule has 4 fully saturated rings. The molecule has 0 amide bonds. The summed E-state index contributed by atoms with van der Waals surface area (Å²) in [4.78, 5) is 17.1. The lowest BCUT2D eigenvalue weighted by atomic mass is 9.49. The highest BCUT2D eigenvalue weighted by molar-refractivity contribution is 8.17. The minimum absolute atomic E-state index is 0.0479. The van der Waals surface area contributed by atoms with E-state index in [2.05, 4.69) is 79.7 Å². The van der Waals surface area contributed by atoms with Crippen molar-refractivity contribution in [1.29, 1.82) is 0 Å². The van der Waals surface area contributed by atoms with Crippen molar-refractivity contribution in [2.45, 2.75) is 72.3 Å². The van der Waals surface area contributed by atoms with E-state index < -0.39 is 10.9 Å². The van der Waals surface area contributed by atoms with Crippen LogP contribution in [0.25, 0.3) is 11.1 Å². The van der Waals surface area contributed by atoms with Crippen LogP contribution in [-0.2, 0) is 16.1 Å². The van der Waals surface area contributed by atoms with Gasteiger partial charge in [-0.25, -0.2) is 4.79 Å². The molecule has 0 atom stereocenters. The summed E-state index contributed by atoms with van der Waals surface area (Å²) in [5.41, 5.74) is 3.48. The SMILES string of the molecule is CCC1(OC(=O)COc2ccc(COc3ccc([SH]4c5ccccc5-c5ccccc54)cc3)cc2)C2CC3CC(C2)CC1C3. The summed E-state index contributed by atoms with van der Waals surface area (Å²) in [5.74, 6) is 4.04. The summed E-state index contributed by atoms with van der Waals surface area (Å²) in [7, 11) is -0.564. The van der Waals surface area contributed by atoms with E-state index in [1.54, 1.807) is 0 Å². The summed E-state index contributed by atoms with van der Waals surface area (Å²) in [5, 5.41) is 0. The van der Waals surface area contributed by atoms with E-state index in [9.17, 15) is 4.79 Å². The van der Waals surface area contributed by atoms with Crippen molar-refractivity contribution in [3.05, 3.63) is 103 Å². The van der Waals surface area contributed by atoms with Gasteiger partial charge in [-0.2, -0.15) is 10.9 Å². The first kappa shape index (κ1) is 27.8. The molecule has 9 rings (SSSR count). The summed E-state index contributed by atoms with van der Waals surface area (Å²) in [6.45, 7) is 2.61. The topological polar surface area (TPSA) is 44.8 Å². The summed E-state index contributed by atoms with van der Waals surface area (Å²) in [6.07, 6.45) is 7.22. The summed E-state index contributed by atoms with van der Waals surface area (Å²) >= 11 is 0. The maximum atomic E-state index is 13.0. The van der Waals surface area contributed by atoms with Crippen LogP contribution in [0.15, 0.2) is 112 Å². The van der Waals surface area contributed by atoms with Gasteiger partial charge in [-0.1, -0.05) is 55.5 Å². The lowest BCUT2D eigenvalue weighted by Gasteiger charge is -2.60. The van der Waals surface area contributed by atoms with Crippen molar-refractivity contribution in [1.82, 2.24) is 0 Å². The number of ether oxygens (including phenoxy) is 3. The van der Waals surface area contributed by atoms with Gasteiger partial charge in [0, 0.05) is 9.79 Å². The van der Waals surface area contributed by atoms with Crippen LogP contribution in [0.4, 0.5) is 0 Å². The smallest absolute Gasteiger partial charge is 0.344 e. The van der Waals surface area contributed by atoms with Crippen LogP contribution in [0.2, 0.25) is 0 Å². The molecule has 226 valence electrons. The van der Waals surface area contributed by atoms with Gasteiger partial charge >= 0.3 is 5.97 Å². The minimum atomic E-state index is -0.564. The van der Waals surface area contributed by atoms with Crippen LogP contribution in [0.1, 0.15) is 51.0 Å². The highest BCUT2D eigenvalue weighted by atomic mass is 32.2. The quantitative estimate of drug-likeness (QED) is 0.135. The second kappa shape index (κ2) is 11.3. The molecule has 1 aliphatic heterocycles. The molecule has 5 heteroatoms. The minimum Gasteiger partial charge on any atom is -0.489 e. The molecule has 0 aromatic heterocycles. The van der Waals surface area contributed by atoms with Crippen molar-refractivity contribution in [2.75, 3.05) is 6.61 Å². The van der Waals surface area contributed by atoms with Crippen molar-refractivity contribution < 1.29 is 19.0 Å². The van der Waals surface area contributed by atoms with Crippen molar-refractivity contribution >= 4 is 16.9 Å². The van der Waals surface area contributed by atoms with Crippen LogP contribution in [0, 0.1) is 23.7 Å². The Hall–Kier alpha value is -3.70. The molecule has 4 aromatic carbocycles.